The summed E-state index contributed by atoms with van der Waals surface area (Å²) in [5.74, 6) is -3.19. The maximum Gasteiger partial charge on any atom is 0.334 e. The van der Waals surface area contributed by atoms with Gasteiger partial charge in [0.2, 0.25) is 0 Å². The summed E-state index contributed by atoms with van der Waals surface area (Å²) in [6.07, 6.45) is -2.04. The molecule has 0 amide bonds. The molecule has 6 heteroatoms. The summed E-state index contributed by atoms with van der Waals surface area (Å²) in [5, 5.41) is 24.5. The summed E-state index contributed by atoms with van der Waals surface area (Å²) in [6, 6.07) is -1.77. The molecular formula is C4H7NO5. The topological polar surface area (TPSA) is 121 Å². The molecule has 0 aliphatic rings. The Kier molecular flexibility index (Phi) is 2.78. The van der Waals surface area contributed by atoms with Crippen LogP contribution in [0.25, 0.3) is 0 Å². The van der Waals surface area contributed by atoms with Gasteiger partial charge in [-0.15, -0.1) is 0 Å². The van der Waals surface area contributed by atoms with Crippen molar-refractivity contribution >= 4 is 11.9 Å². The van der Waals surface area contributed by atoms with Crippen LogP contribution in [0, 0.1) is 0 Å². The van der Waals surface area contributed by atoms with Gasteiger partial charge in [0.25, 0.3) is 0 Å². The fraction of sp³-hybridized carbons (Fsp3) is 0.500. The van der Waals surface area contributed by atoms with Crippen molar-refractivity contribution in [2.24, 2.45) is 5.73 Å². The van der Waals surface area contributed by atoms with Gasteiger partial charge in [0.15, 0.2) is 6.10 Å². The molecule has 0 fully saturated rings. The molecule has 5 N–H and O–H groups in total. The van der Waals surface area contributed by atoms with E-state index in [1.165, 1.54) is 0 Å². The lowest BCUT2D eigenvalue weighted by Crippen LogP contribution is -2.46. The Bertz CT molecular complexity index is 138. The molecule has 0 aliphatic carbocycles. The third-order valence-corrected chi connectivity index (χ3v) is 0.878. The van der Waals surface area contributed by atoms with Gasteiger partial charge in [0.1, 0.15) is 6.04 Å². The zero-order valence-electron chi connectivity index (χ0n) is 4.89. The van der Waals surface area contributed by atoms with E-state index < -0.39 is 24.1 Å². The highest BCUT2D eigenvalue weighted by Gasteiger charge is 2.27. The van der Waals surface area contributed by atoms with E-state index in [-0.39, 0.29) is 0 Å². The summed E-state index contributed by atoms with van der Waals surface area (Å²) >= 11 is 0. The first-order valence-corrected chi connectivity index (χ1v) is 2.36. The van der Waals surface area contributed by atoms with Gasteiger partial charge in [0.05, 0.1) is 0 Å². The largest absolute Gasteiger partial charge is 0.480 e. The average molecular weight is 149 g/mol. The lowest BCUT2D eigenvalue weighted by atomic mass is 10.2. The molecule has 0 aliphatic heterocycles. The van der Waals surface area contributed by atoms with Crippen LogP contribution in [0.3, 0.4) is 0 Å². The summed E-state index contributed by atoms with van der Waals surface area (Å²) in [7, 11) is 0. The van der Waals surface area contributed by atoms with Crippen molar-refractivity contribution < 1.29 is 24.9 Å². The summed E-state index contributed by atoms with van der Waals surface area (Å²) in [4.78, 5) is 19.7. The number of carboxylic acids is 2. The molecule has 0 heterocycles. The first kappa shape index (κ1) is 8.86. The smallest absolute Gasteiger partial charge is 0.334 e. The second kappa shape index (κ2) is 3.14. The Balaban J connectivity index is 4.07. The van der Waals surface area contributed by atoms with E-state index in [4.69, 9.17) is 21.1 Å². The predicted molar refractivity (Wildman–Crippen MR) is 29.3 cm³/mol. The Morgan fingerprint density at radius 1 is 1.20 bits per heavy atom. The molecule has 0 saturated heterocycles. The third-order valence-electron chi connectivity index (χ3n) is 0.878. The van der Waals surface area contributed by atoms with E-state index in [2.05, 4.69) is 0 Å². The molecule has 0 rings (SSSR count). The molecule has 0 aromatic heterocycles. The molecule has 0 aromatic rings. The normalized spacial score (nSPS) is 15.8. The standard InChI is InChI=1S/C4H7NO5/c5-1(3(7)8)2(6)4(9)10/h1-2,6H,5H2,(H,7,8)(H,9,10)/t1-,2-/m1/s1. The number of aliphatic carboxylic acids is 2. The van der Waals surface area contributed by atoms with E-state index in [1.807, 2.05) is 0 Å². The number of carboxylic acid groups (broad SMARTS) is 2. The van der Waals surface area contributed by atoms with Crippen LogP contribution in [0.2, 0.25) is 0 Å². The van der Waals surface area contributed by atoms with Gasteiger partial charge in [-0.2, -0.15) is 0 Å². The monoisotopic (exact) mass is 149 g/mol. The number of nitrogens with two attached hydrogens (primary N) is 1. The van der Waals surface area contributed by atoms with E-state index in [0.29, 0.717) is 0 Å². The molecule has 0 radical (unpaired) electrons. The zero-order valence-corrected chi connectivity index (χ0v) is 4.89. The van der Waals surface area contributed by atoms with Crippen molar-refractivity contribution in [1.29, 1.82) is 0 Å². The fourth-order valence-corrected chi connectivity index (χ4v) is 0.289. The lowest BCUT2D eigenvalue weighted by molar-refractivity contribution is -0.154. The van der Waals surface area contributed by atoms with Gasteiger partial charge in [-0.25, -0.2) is 4.79 Å². The highest BCUT2D eigenvalue weighted by molar-refractivity contribution is 5.83. The van der Waals surface area contributed by atoms with Crippen LogP contribution < -0.4 is 5.73 Å². The van der Waals surface area contributed by atoms with Crippen molar-refractivity contribution in [3.05, 3.63) is 0 Å². The van der Waals surface area contributed by atoms with Gasteiger partial charge in [-0.1, -0.05) is 0 Å². The van der Waals surface area contributed by atoms with E-state index in [9.17, 15) is 9.59 Å². The van der Waals surface area contributed by atoms with Gasteiger partial charge < -0.3 is 21.1 Å². The fourth-order valence-electron chi connectivity index (χ4n) is 0.289. The van der Waals surface area contributed by atoms with E-state index in [0.717, 1.165) is 0 Å². The average Bonchev–Trinajstić information content (AvgIpc) is 1.84. The van der Waals surface area contributed by atoms with Crippen LogP contribution in [0.5, 0.6) is 0 Å². The molecular weight excluding hydrogens is 142 g/mol. The zero-order chi connectivity index (χ0) is 8.31. The van der Waals surface area contributed by atoms with E-state index >= 15 is 0 Å². The van der Waals surface area contributed by atoms with Crippen LogP contribution in [-0.4, -0.2) is 39.4 Å². The maximum atomic E-state index is 9.90. The van der Waals surface area contributed by atoms with Gasteiger partial charge in [0, 0.05) is 0 Å². The van der Waals surface area contributed by atoms with Crippen LogP contribution in [0.4, 0.5) is 0 Å². The summed E-state index contributed by atoms with van der Waals surface area (Å²) < 4.78 is 0. The Labute approximate surface area is 55.9 Å². The van der Waals surface area contributed by atoms with Crippen molar-refractivity contribution in [2.75, 3.05) is 0 Å². The first-order chi connectivity index (χ1) is 4.46. The molecule has 0 unspecified atom stereocenters. The minimum absolute atomic E-state index is 1.55. The van der Waals surface area contributed by atoms with Crippen molar-refractivity contribution in [1.82, 2.24) is 0 Å². The molecule has 2 atom stereocenters. The van der Waals surface area contributed by atoms with Crippen molar-refractivity contribution in [3.63, 3.8) is 0 Å². The molecule has 6 nitrogen and oxygen atoms in total. The maximum absolute atomic E-state index is 9.90. The summed E-state index contributed by atoms with van der Waals surface area (Å²) in [5.41, 5.74) is 4.73. The van der Waals surface area contributed by atoms with Crippen LogP contribution in [0.15, 0.2) is 0 Å². The number of hydrogen-bond donors (Lipinski definition) is 4. The number of rotatable bonds is 3. The van der Waals surface area contributed by atoms with E-state index in [1.54, 1.807) is 0 Å². The molecule has 0 bridgehead atoms. The first-order valence-electron chi connectivity index (χ1n) is 2.36. The number of carbonyl (C=O) groups is 2. The number of aliphatic hydroxyl groups is 1. The highest BCUT2D eigenvalue weighted by atomic mass is 16.4. The molecule has 0 saturated carbocycles. The van der Waals surface area contributed by atoms with Gasteiger partial charge >= 0.3 is 11.9 Å². The number of hydrogen-bond acceptors (Lipinski definition) is 4. The molecule has 0 aromatic carbocycles. The predicted octanol–water partition coefficient (Wildman–Crippen LogP) is -2.16. The van der Waals surface area contributed by atoms with Crippen molar-refractivity contribution in [2.45, 2.75) is 12.1 Å². The number of aliphatic hydroxyl groups excluding tert-OH is 1. The Morgan fingerprint density at radius 3 is 1.70 bits per heavy atom. The molecule has 0 spiro atoms. The quantitative estimate of drug-likeness (QED) is 0.363. The molecule has 58 valence electrons. The second-order valence-electron chi connectivity index (χ2n) is 1.65. The third kappa shape index (κ3) is 2.00. The highest BCUT2D eigenvalue weighted by Crippen LogP contribution is 1.89. The SMILES string of the molecule is N[C@@H](C(=O)O)[C@@H](O)C(=O)O. The van der Waals surface area contributed by atoms with Crippen LogP contribution in [-0.2, 0) is 9.59 Å². The lowest BCUT2D eigenvalue weighted by Gasteiger charge is -2.08. The minimum atomic E-state index is -2.04. The van der Waals surface area contributed by atoms with Gasteiger partial charge in [-0.05, 0) is 0 Å². The van der Waals surface area contributed by atoms with Crippen LogP contribution >= 0.6 is 0 Å². The van der Waals surface area contributed by atoms with Crippen molar-refractivity contribution in [3.8, 4) is 0 Å². The van der Waals surface area contributed by atoms with Crippen LogP contribution in [0.1, 0.15) is 0 Å². The van der Waals surface area contributed by atoms with Gasteiger partial charge in [-0.3, -0.25) is 4.79 Å². The minimum Gasteiger partial charge on any atom is -0.480 e. The summed E-state index contributed by atoms with van der Waals surface area (Å²) in [6.45, 7) is 0. The second-order valence-corrected chi connectivity index (χ2v) is 1.65. The molecule has 10 heavy (non-hydrogen) atoms. The Morgan fingerprint density at radius 2 is 1.60 bits per heavy atom. The Hall–Kier alpha value is -1.14.